The van der Waals surface area contributed by atoms with Gasteiger partial charge in [0.2, 0.25) is 0 Å². The van der Waals surface area contributed by atoms with E-state index >= 15 is 0 Å². The molecule has 1 saturated heterocycles. The molecule has 6 heteroatoms. The third-order valence-electron chi connectivity index (χ3n) is 5.00. The molecule has 0 radical (unpaired) electrons. The third kappa shape index (κ3) is 5.36. The van der Waals surface area contributed by atoms with Crippen molar-refractivity contribution in [3.63, 3.8) is 0 Å². The molecule has 152 valence electrons. The topological polar surface area (TPSA) is 49.9 Å². The Morgan fingerprint density at radius 1 is 1.07 bits per heavy atom. The molecule has 0 aliphatic carbocycles. The van der Waals surface area contributed by atoms with Crippen molar-refractivity contribution in [2.24, 2.45) is 0 Å². The molecular weight excluding hydrogens is 352 g/mol. The maximum absolute atomic E-state index is 5.82. The van der Waals surface area contributed by atoms with Crippen LogP contribution < -0.4 is 19.7 Å². The van der Waals surface area contributed by atoms with Crippen LogP contribution in [-0.4, -0.2) is 56.8 Å². The monoisotopic (exact) mass is 384 g/mol. The Labute approximate surface area is 168 Å². The predicted molar refractivity (Wildman–Crippen MR) is 113 cm³/mol. The molecule has 1 fully saturated rings. The number of pyridine rings is 1. The molecule has 6 nitrogen and oxygen atoms in total. The average Bonchev–Trinajstić information content (AvgIpc) is 2.73. The molecule has 1 aliphatic rings. The van der Waals surface area contributed by atoms with Gasteiger partial charge in [-0.15, -0.1) is 0 Å². The lowest BCUT2D eigenvalue weighted by Gasteiger charge is -2.34. The summed E-state index contributed by atoms with van der Waals surface area (Å²) in [4.78, 5) is 9.40. The summed E-state index contributed by atoms with van der Waals surface area (Å²) in [5.74, 6) is 2.69. The van der Waals surface area contributed by atoms with Gasteiger partial charge in [0.25, 0.3) is 0 Å². The molecule has 0 unspecified atom stereocenters. The minimum atomic E-state index is 0.692. The first-order chi connectivity index (χ1) is 13.7. The van der Waals surface area contributed by atoms with Gasteiger partial charge in [0.05, 0.1) is 13.7 Å². The van der Waals surface area contributed by atoms with E-state index in [0.29, 0.717) is 6.61 Å². The predicted octanol–water partition coefficient (Wildman–Crippen LogP) is 2.92. The summed E-state index contributed by atoms with van der Waals surface area (Å²) >= 11 is 0. The van der Waals surface area contributed by atoms with Crippen LogP contribution in [-0.2, 0) is 13.1 Å². The number of hydrogen-bond donors (Lipinski definition) is 1. The van der Waals surface area contributed by atoms with Crippen molar-refractivity contribution in [1.29, 1.82) is 0 Å². The maximum atomic E-state index is 5.82. The summed E-state index contributed by atoms with van der Waals surface area (Å²) in [6.45, 7) is 8.55. The molecule has 3 rings (SSSR count). The minimum Gasteiger partial charge on any atom is -0.493 e. The highest BCUT2D eigenvalue weighted by atomic mass is 16.5. The molecule has 2 heterocycles. The second-order valence-electron chi connectivity index (χ2n) is 7.21. The lowest BCUT2D eigenvalue weighted by molar-refractivity contribution is 0.294. The van der Waals surface area contributed by atoms with E-state index in [4.69, 9.17) is 9.47 Å². The molecule has 28 heavy (non-hydrogen) atoms. The number of methoxy groups -OCH3 is 1. The van der Waals surface area contributed by atoms with Gasteiger partial charge in [0.15, 0.2) is 11.5 Å². The van der Waals surface area contributed by atoms with Crippen LogP contribution in [0.4, 0.5) is 5.82 Å². The van der Waals surface area contributed by atoms with E-state index in [-0.39, 0.29) is 0 Å². The van der Waals surface area contributed by atoms with Crippen molar-refractivity contribution < 1.29 is 9.47 Å². The molecule has 0 spiro atoms. The van der Waals surface area contributed by atoms with Crippen LogP contribution in [0.5, 0.6) is 11.5 Å². The number of rotatable bonds is 9. The van der Waals surface area contributed by atoms with E-state index in [2.05, 4.69) is 52.3 Å². The fourth-order valence-electron chi connectivity index (χ4n) is 3.37. The summed E-state index contributed by atoms with van der Waals surface area (Å²) in [7, 11) is 3.85. The summed E-state index contributed by atoms with van der Waals surface area (Å²) in [5, 5.41) is 3.55. The molecule has 1 N–H and O–H groups in total. The van der Waals surface area contributed by atoms with Crippen LogP contribution in [0.1, 0.15) is 24.5 Å². The summed E-state index contributed by atoms with van der Waals surface area (Å²) < 4.78 is 11.2. The van der Waals surface area contributed by atoms with Gasteiger partial charge in [0, 0.05) is 51.0 Å². The van der Waals surface area contributed by atoms with Gasteiger partial charge < -0.3 is 24.6 Å². The standard InChI is InChI=1S/C22H32N4O2/c1-4-14-28-21-15-18(7-8-20(21)27-3)16-23-17-19-6-5-9-24-22(19)26-12-10-25(2)11-13-26/h5-9,15,23H,4,10-14,16-17H2,1-3H3. The molecule has 0 atom stereocenters. The van der Waals surface area contributed by atoms with E-state index < -0.39 is 0 Å². The Bertz CT molecular complexity index is 745. The van der Waals surface area contributed by atoms with Crippen molar-refractivity contribution in [3.05, 3.63) is 47.7 Å². The molecule has 0 bridgehead atoms. The van der Waals surface area contributed by atoms with Gasteiger partial charge in [-0.25, -0.2) is 4.98 Å². The van der Waals surface area contributed by atoms with Crippen molar-refractivity contribution in [2.75, 3.05) is 51.8 Å². The van der Waals surface area contributed by atoms with Crippen molar-refractivity contribution in [3.8, 4) is 11.5 Å². The first-order valence-electron chi connectivity index (χ1n) is 10.1. The summed E-state index contributed by atoms with van der Waals surface area (Å²) in [5.41, 5.74) is 2.42. The largest absolute Gasteiger partial charge is 0.493 e. The second-order valence-corrected chi connectivity index (χ2v) is 7.21. The first kappa shape index (κ1) is 20.4. The lowest BCUT2D eigenvalue weighted by atomic mass is 10.1. The number of nitrogens with zero attached hydrogens (tertiary/aromatic N) is 3. The van der Waals surface area contributed by atoms with Gasteiger partial charge in [-0.1, -0.05) is 19.1 Å². The molecule has 1 aromatic heterocycles. The van der Waals surface area contributed by atoms with E-state index in [0.717, 1.165) is 63.0 Å². The van der Waals surface area contributed by atoms with Crippen LogP contribution in [0.25, 0.3) is 0 Å². The quantitative estimate of drug-likeness (QED) is 0.717. The minimum absolute atomic E-state index is 0.692. The second kappa shape index (κ2) is 10.3. The van der Waals surface area contributed by atoms with E-state index in [1.807, 2.05) is 18.3 Å². The van der Waals surface area contributed by atoms with E-state index in [1.54, 1.807) is 7.11 Å². The van der Waals surface area contributed by atoms with Gasteiger partial charge in [-0.3, -0.25) is 0 Å². The fourth-order valence-corrected chi connectivity index (χ4v) is 3.37. The highest BCUT2D eigenvalue weighted by molar-refractivity contribution is 5.47. The van der Waals surface area contributed by atoms with Crippen molar-refractivity contribution in [2.45, 2.75) is 26.4 Å². The number of benzene rings is 1. The Balaban J connectivity index is 1.61. The number of aromatic nitrogens is 1. The summed E-state index contributed by atoms with van der Waals surface area (Å²) in [6, 6.07) is 10.3. The van der Waals surface area contributed by atoms with Crippen LogP contribution in [0.2, 0.25) is 0 Å². The Morgan fingerprint density at radius 3 is 2.64 bits per heavy atom. The number of piperazine rings is 1. The smallest absolute Gasteiger partial charge is 0.161 e. The van der Waals surface area contributed by atoms with Crippen LogP contribution in [0.3, 0.4) is 0 Å². The molecule has 2 aromatic rings. The number of nitrogens with one attached hydrogen (secondary N) is 1. The number of ether oxygens (including phenoxy) is 2. The zero-order valence-electron chi connectivity index (χ0n) is 17.3. The Kier molecular flexibility index (Phi) is 7.51. The zero-order chi connectivity index (χ0) is 19.8. The SMILES string of the molecule is CCCOc1cc(CNCc2cccnc2N2CCN(C)CC2)ccc1OC. The van der Waals surface area contributed by atoms with Gasteiger partial charge >= 0.3 is 0 Å². The third-order valence-corrected chi connectivity index (χ3v) is 5.00. The summed E-state index contributed by atoms with van der Waals surface area (Å²) in [6.07, 6.45) is 2.86. The Morgan fingerprint density at radius 2 is 1.89 bits per heavy atom. The Hall–Kier alpha value is -2.31. The molecule has 1 aliphatic heterocycles. The van der Waals surface area contributed by atoms with Gasteiger partial charge in [-0.05, 0) is 37.2 Å². The van der Waals surface area contributed by atoms with Gasteiger partial charge in [-0.2, -0.15) is 0 Å². The van der Waals surface area contributed by atoms with Crippen LogP contribution in [0, 0.1) is 0 Å². The highest BCUT2D eigenvalue weighted by Gasteiger charge is 2.17. The normalized spacial score (nSPS) is 14.9. The maximum Gasteiger partial charge on any atom is 0.161 e. The number of hydrogen-bond acceptors (Lipinski definition) is 6. The number of anilines is 1. The molecule has 0 saturated carbocycles. The molecule has 0 amide bonds. The zero-order valence-corrected chi connectivity index (χ0v) is 17.3. The fraction of sp³-hybridized carbons (Fsp3) is 0.500. The van der Waals surface area contributed by atoms with Gasteiger partial charge in [0.1, 0.15) is 5.82 Å². The highest BCUT2D eigenvalue weighted by Crippen LogP contribution is 2.28. The first-order valence-corrected chi connectivity index (χ1v) is 10.1. The van der Waals surface area contributed by atoms with Crippen molar-refractivity contribution >= 4 is 5.82 Å². The molecular formula is C22H32N4O2. The van der Waals surface area contributed by atoms with Crippen molar-refractivity contribution in [1.82, 2.24) is 15.2 Å². The lowest BCUT2D eigenvalue weighted by Crippen LogP contribution is -2.45. The average molecular weight is 385 g/mol. The molecule has 1 aromatic carbocycles. The van der Waals surface area contributed by atoms with Crippen LogP contribution >= 0.6 is 0 Å². The van der Waals surface area contributed by atoms with E-state index in [9.17, 15) is 0 Å². The number of likely N-dealkylation sites (N-methyl/N-ethyl adjacent to an activating group) is 1. The van der Waals surface area contributed by atoms with Crippen LogP contribution in [0.15, 0.2) is 36.5 Å². The van der Waals surface area contributed by atoms with E-state index in [1.165, 1.54) is 11.1 Å².